The van der Waals surface area contributed by atoms with Gasteiger partial charge in [0.05, 0.1) is 0 Å². The topological polar surface area (TPSA) is 60.0 Å². The van der Waals surface area contributed by atoms with Crippen LogP contribution >= 0.6 is 0 Å². The van der Waals surface area contributed by atoms with Gasteiger partial charge in [0, 0.05) is 27.3 Å². The highest BCUT2D eigenvalue weighted by Gasteiger charge is 2.08. The van der Waals surface area contributed by atoms with Crippen LogP contribution in [0.25, 0.3) is 0 Å². The maximum Gasteiger partial charge on any atom is 0.169 e. The number of methoxy groups -OCH3 is 2. The summed E-state index contributed by atoms with van der Waals surface area (Å²) in [6.45, 7) is 1.20. The summed E-state index contributed by atoms with van der Waals surface area (Å²) in [6, 6.07) is 9.40. The number of aliphatic hydroxyl groups is 1. The summed E-state index contributed by atoms with van der Waals surface area (Å²) in [6.07, 6.45) is -0.869. The first-order valence-corrected chi connectivity index (χ1v) is 5.88. The summed E-state index contributed by atoms with van der Waals surface area (Å²) in [7, 11) is 3.15. The molecule has 1 atom stereocenters. The van der Waals surface area contributed by atoms with Crippen molar-refractivity contribution in [2.45, 2.75) is 12.4 Å². The third-order valence-electron chi connectivity index (χ3n) is 2.40. The standard InChI is InChI=1S/C13H21NO4/c1-16-13(17-2)9-14-8-11(15)10-18-12-6-4-3-5-7-12/h3-7,11,13-15H,8-10H2,1-2H3. The van der Waals surface area contributed by atoms with Crippen LogP contribution in [0.5, 0.6) is 5.75 Å². The van der Waals surface area contributed by atoms with E-state index in [2.05, 4.69) is 5.32 Å². The van der Waals surface area contributed by atoms with E-state index in [-0.39, 0.29) is 12.9 Å². The van der Waals surface area contributed by atoms with Gasteiger partial charge in [0.1, 0.15) is 18.5 Å². The van der Waals surface area contributed by atoms with Gasteiger partial charge in [-0.15, -0.1) is 0 Å². The van der Waals surface area contributed by atoms with Crippen molar-refractivity contribution in [3.05, 3.63) is 30.3 Å². The monoisotopic (exact) mass is 255 g/mol. The minimum absolute atomic E-state index is 0.252. The summed E-state index contributed by atoms with van der Waals surface area (Å²) in [5.41, 5.74) is 0. The summed E-state index contributed by atoms with van der Waals surface area (Å²) in [4.78, 5) is 0. The Morgan fingerprint density at radius 3 is 2.39 bits per heavy atom. The first-order chi connectivity index (χ1) is 8.76. The van der Waals surface area contributed by atoms with Crippen molar-refractivity contribution in [3.8, 4) is 5.75 Å². The van der Waals surface area contributed by atoms with E-state index < -0.39 is 6.10 Å². The Morgan fingerprint density at radius 2 is 1.78 bits per heavy atom. The van der Waals surface area contributed by atoms with Crippen LogP contribution in [-0.4, -0.2) is 51.4 Å². The molecule has 1 unspecified atom stereocenters. The van der Waals surface area contributed by atoms with Gasteiger partial charge >= 0.3 is 0 Å². The summed E-state index contributed by atoms with van der Waals surface area (Å²) in [5.74, 6) is 0.753. The SMILES string of the molecule is COC(CNCC(O)COc1ccccc1)OC. The molecule has 0 aliphatic carbocycles. The zero-order valence-corrected chi connectivity index (χ0v) is 10.8. The number of ether oxygens (including phenoxy) is 3. The molecular weight excluding hydrogens is 234 g/mol. The normalized spacial score (nSPS) is 12.7. The molecule has 2 N–H and O–H groups in total. The molecule has 18 heavy (non-hydrogen) atoms. The van der Waals surface area contributed by atoms with Crippen LogP contribution in [0.4, 0.5) is 0 Å². The molecule has 1 aromatic carbocycles. The van der Waals surface area contributed by atoms with Gasteiger partial charge in [0.2, 0.25) is 0 Å². The lowest BCUT2D eigenvalue weighted by Crippen LogP contribution is -2.37. The van der Waals surface area contributed by atoms with Crippen molar-refractivity contribution in [2.75, 3.05) is 33.9 Å². The molecule has 0 spiro atoms. The number of hydrogen-bond acceptors (Lipinski definition) is 5. The number of nitrogens with one attached hydrogen (secondary N) is 1. The van der Waals surface area contributed by atoms with Crippen molar-refractivity contribution < 1.29 is 19.3 Å². The largest absolute Gasteiger partial charge is 0.491 e. The van der Waals surface area contributed by atoms with Gasteiger partial charge in [-0.1, -0.05) is 18.2 Å². The molecule has 5 heteroatoms. The zero-order valence-electron chi connectivity index (χ0n) is 10.8. The molecule has 0 saturated carbocycles. The molecule has 0 amide bonds. The van der Waals surface area contributed by atoms with E-state index in [1.807, 2.05) is 30.3 Å². The minimum Gasteiger partial charge on any atom is -0.491 e. The predicted molar refractivity (Wildman–Crippen MR) is 68.6 cm³/mol. The number of aliphatic hydroxyl groups excluding tert-OH is 1. The molecule has 0 heterocycles. The van der Waals surface area contributed by atoms with E-state index in [1.165, 1.54) is 0 Å². The second kappa shape index (κ2) is 8.88. The highest BCUT2D eigenvalue weighted by Crippen LogP contribution is 2.08. The number of rotatable bonds is 9. The maximum atomic E-state index is 9.70. The van der Waals surface area contributed by atoms with Gasteiger partial charge in [0.15, 0.2) is 6.29 Å². The van der Waals surface area contributed by atoms with E-state index in [0.29, 0.717) is 13.1 Å². The molecule has 1 aromatic rings. The van der Waals surface area contributed by atoms with Crippen LogP contribution in [0.2, 0.25) is 0 Å². The molecule has 102 valence electrons. The Balaban J connectivity index is 2.12. The molecule has 0 aliphatic heterocycles. The van der Waals surface area contributed by atoms with Gasteiger partial charge in [-0.3, -0.25) is 0 Å². The van der Waals surface area contributed by atoms with Gasteiger partial charge in [0.25, 0.3) is 0 Å². The second-order valence-corrected chi connectivity index (χ2v) is 3.84. The van der Waals surface area contributed by atoms with Gasteiger partial charge in [-0.2, -0.15) is 0 Å². The average molecular weight is 255 g/mol. The summed E-state index contributed by atoms with van der Waals surface area (Å²) in [5, 5.41) is 12.7. The molecule has 1 rings (SSSR count). The first kappa shape index (κ1) is 14.9. The van der Waals surface area contributed by atoms with E-state index in [1.54, 1.807) is 14.2 Å². The average Bonchev–Trinajstić information content (AvgIpc) is 2.42. The van der Waals surface area contributed by atoms with E-state index in [4.69, 9.17) is 14.2 Å². The van der Waals surface area contributed by atoms with E-state index in [9.17, 15) is 5.11 Å². The lowest BCUT2D eigenvalue weighted by molar-refractivity contribution is -0.0995. The van der Waals surface area contributed by atoms with Crippen LogP contribution in [-0.2, 0) is 9.47 Å². The van der Waals surface area contributed by atoms with Crippen LogP contribution in [0, 0.1) is 0 Å². The molecule has 0 aliphatic rings. The van der Waals surface area contributed by atoms with Crippen LogP contribution < -0.4 is 10.1 Å². The lowest BCUT2D eigenvalue weighted by Gasteiger charge is -2.16. The van der Waals surface area contributed by atoms with Gasteiger partial charge in [-0.25, -0.2) is 0 Å². The fourth-order valence-corrected chi connectivity index (χ4v) is 1.40. The number of hydrogen-bond donors (Lipinski definition) is 2. The quantitative estimate of drug-likeness (QED) is 0.634. The Kier molecular flexibility index (Phi) is 7.36. The minimum atomic E-state index is -0.570. The fraction of sp³-hybridized carbons (Fsp3) is 0.538. The summed E-state index contributed by atoms with van der Waals surface area (Å²) >= 11 is 0. The third-order valence-corrected chi connectivity index (χ3v) is 2.40. The fourth-order valence-electron chi connectivity index (χ4n) is 1.40. The van der Waals surface area contributed by atoms with E-state index in [0.717, 1.165) is 5.75 Å². The molecule has 0 fully saturated rings. The number of benzene rings is 1. The summed E-state index contributed by atoms with van der Waals surface area (Å²) < 4.78 is 15.5. The predicted octanol–water partition coefficient (Wildman–Crippen LogP) is 0.635. The Labute approximate surface area is 108 Å². The van der Waals surface area contributed by atoms with Crippen molar-refractivity contribution in [1.82, 2.24) is 5.32 Å². The smallest absolute Gasteiger partial charge is 0.169 e. The number of para-hydroxylation sites is 1. The molecule has 0 aromatic heterocycles. The zero-order chi connectivity index (χ0) is 13.2. The van der Waals surface area contributed by atoms with Gasteiger partial charge in [-0.05, 0) is 12.1 Å². The highest BCUT2D eigenvalue weighted by atomic mass is 16.7. The molecule has 5 nitrogen and oxygen atoms in total. The second-order valence-electron chi connectivity index (χ2n) is 3.84. The van der Waals surface area contributed by atoms with Crippen LogP contribution in [0.15, 0.2) is 30.3 Å². The van der Waals surface area contributed by atoms with Crippen LogP contribution in [0.1, 0.15) is 0 Å². The lowest BCUT2D eigenvalue weighted by atomic mass is 10.3. The van der Waals surface area contributed by atoms with Crippen molar-refractivity contribution >= 4 is 0 Å². The molecule has 0 radical (unpaired) electrons. The van der Waals surface area contributed by atoms with Crippen molar-refractivity contribution in [3.63, 3.8) is 0 Å². The Bertz CT molecular complexity index is 303. The van der Waals surface area contributed by atoms with Crippen LogP contribution in [0.3, 0.4) is 0 Å². The van der Waals surface area contributed by atoms with E-state index >= 15 is 0 Å². The Morgan fingerprint density at radius 1 is 1.11 bits per heavy atom. The molecule has 0 bridgehead atoms. The van der Waals surface area contributed by atoms with Crippen molar-refractivity contribution in [1.29, 1.82) is 0 Å². The molecule has 0 saturated heterocycles. The highest BCUT2D eigenvalue weighted by molar-refractivity contribution is 5.20. The first-order valence-electron chi connectivity index (χ1n) is 5.88. The third kappa shape index (κ3) is 5.97. The Hall–Kier alpha value is -1.14. The van der Waals surface area contributed by atoms with Gasteiger partial charge < -0.3 is 24.6 Å². The van der Waals surface area contributed by atoms with Crippen molar-refractivity contribution in [2.24, 2.45) is 0 Å². The maximum absolute atomic E-state index is 9.70. The molecular formula is C13H21NO4.